The number of rotatable bonds is 4. The maximum absolute atomic E-state index is 11.9. The van der Waals surface area contributed by atoms with Gasteiger partial charge >= 0.3 is 0 Å². The van der Waals surface area contributed by atoms with E-state index in [0.29, 0.717) is 12.3 Å². The molecule has 1 aromatic carbocycles. The first-order valence-electron chi connectivity index (χ1n) is 6.40. The van der Waals surface area contributed by atoms with Gasteiger partial charge in [-0.2, -0.15) is 0 Å². The number of carbonyl (C=O) groups excluding carboxylic acids is 1. The Morgan fingerprint density at radius 1 is 1.50 bits per heavy atom. The first kappa shape index (κ1) is 13.6. The van der Waals surface area contributed by atoms with Crippen molar-refractivity contribution in [3.8, 4) is 0 Å². The third-order valence-corrected chi connectivity index (χ3v) is 3.91. The summed E-state index contributed by atoms with van der Waals surface area (Å²) in [6.07, 6.45) is 1.74. The molecule has 4 heteroatoms. The van der Waals surface area contributed by atoms with E-state index < -0.39 is 0 Å². The fraction of sp³-hybridized carbons (Fsp3) is 0.500. The number of halogens is 1. The Hall–Kier alpha value is -0.870. The molecule has 1 saturated heterocycles. The molecule has 2 N–H and O–H groups in total. The Morgan fingerprint density at radius 3 is 2.83 bits per heavy atom. The molecule has 0 spiro atoms. The van der Waals surface area contributed by atoms with Crippen molar-refractivity contribution < 1.29 is 4.79 Å². The highest BCUT2D eigenvalue weighted by Gasteiger charge is 2.19. The van der Waals surface area contributed by atoms with Gasteiger partial charge in [-0.1, -0.05) is 28.1 Å². The minimum absolute atomic E-state index is 0.0694. The molecule has 1 unspecified atom stereocenters. The van der Waals surface area contributed by atoms with Crippen LogP contribution >= 0.6 is 15.9 Å². The summed E-state index contributed by atoms with van der Waals surface area (Å²) in [5, 5.41) is 6.34. The SMILES string of the molecule is C[C@H](NC(=O)CC1CCNC1)c1ccc(Br)cc1. The molecule has 1 aliphatic heterocycles. The quantitative estimate of drug-likeness (QED) is 0.897. The molecule has 0 aliphatic carbocycles. The van der Waals surface area contributed by atoms with Crippen molar-refractivity contribution in [2.45, 2.75) is 25.8 Å². The van der Waals surface area contributed by atoms with Crippen LogP contribution in [-0.4, -0.2) is 19.0 Å². The summed E-state index contributed by atoms with van der Waals surface area (Å²) in [6.45, 7) is 4.04. The van der Waals surface area contributed by atoms with E-state index in [9.17, 15) is 4.79 Å². The van der Waals surface area contributed by atoms with Gasteiger partial charge in [0.15, 0.2) is 0 Å². The summed E-state index contributed by atoms with van der Waals surface area (Å²) in [4.78, 5) is 11.9. The lowest BCUT2D eigenvalue weighted by Crippen LogP contribution is -2.28. The summed E-state index contributed by atoms with van der Waals surface area (Å²) in [7, 11) is 0. The first-order chi connectivity index (χ1) is 8.65. The van der Waals surface area contributed by atoms with Gasteiger partial charge in [0.2, 0.25) is 5.91 Å². The van der Waals surface area contributed by atoms with Crippen molar-refractivity contribution in [2.75, 3.05) is 13.1 Å². The fourth-order valence-electron chi connectivity index (χ4n) is 2.29. The van der Waals surface area contributed by atoms with Gasteiger partial charge in [0.05, 0.1) is 6.04 Å². The minimum Gasteiger partial charge on any atom is -0.350 e. The van der Waals surface area contributed by atoms with E-state index in [0.717, 1.165) is 29.5 Å². The summed E-state index contributed by atoms with van der Waals surface area (Å²) in [6, 6.07) is 8.13. The monoisotopic (exact) mass is 310 g/mol. The van der Waals surface area contributed by atoms with Gasteiger partial charge < -0.3 is 10.6 Å². The second-order valence-electron chi connectivity index (χ2n) is 4.90. The first-order valence-corrected chi connectivity index (χ1v) is 7.20. The average molecular weight is 311 g/mol. The van der Waals surface area contributed by atoms with Gasteiger partial charge in [0, 0.05) is 10.9 Å². The summed E-state index contributed by atoms with van der Waals surface area (Å²) in [5.74, 6) is 0.654. The topological polar surface area (TPSA) is 41.1 Å². The highest BCUT2D eigenvalue weighted by atomic mass is 79.9. The number of hydrogen-bond acceptors (Lipinski definition) is 2. The van der Waals surface area contributed by atoms with E-state index in [2.05, 4.69) is 26.6 Å². The van der Waals surface area contributed by atoms with Crippen LogP contribution in [0.1, 0.15) is 31.4 Å². The van der Waals surface area contributed by atoms with Crippen LogP contribution in [0.25, 0.3) is 0 Å². The molecule has 2 atom stereocenters. The molecule has 1 aliphatic rings. The molecule has 1 aromatic rings. The third kappa shape index (κ3) is 3.82. The van der Waals surface area contributed by atoms with Crippen molar-refractivity contribution in [1.82, 2.24) is 10.6 Å². The molecule has 18 heavy (non-hydrogen) atoms. The van der Waals surface area contributed by atoms with Crippen LogP contribution in [-0.2, 0) is 4.79 Å². The van der Waals surface area contributed by atoms with Crippen molar-refractivity contribution >= 4 is 21.8 Å². The van der Waals surface area contributed by atoms with E-state index in [4.69, 9.17) is 0 Å². The molecular formula is C14H19BrN2O. The Labute approximate surface area is 116 Å². The number of benzene rings is 1. The predicted molar refractivity (Wildman–Crippen MR) is 76.3 cm³/mol. The zero-order valence-electron chi connectivity index (χ0n) is 10.6. The zero-order valence-corrected chi connectivity index (χ0v) is 12.2. The normalized spacial score (nSPS) is 20.7. The lowest BCUT2D eigenvalue weighted by atomic mass is 10.0. The highest BCUT2D eigenvalue weighted by Crippen LogP contribution is 2.17. The number of hydrogen-bond donors (Lipinski definition) is 2. The van der Waals surface area contributed by atoms with Gasteiger partial charge in [-0.3, -0.25) is 4.79 Å². The molecule has 98 valence electrons. The molecule has 0 aromatic heterocycles. The lowest BCUT2D eigenvalue weighted by molar-refractivity contribution is -0.122. The van der Waals surface area contributed by atoms with Crippen LogP contribution in [0.2, 0.25) is 0 Å². The number of amides is 1. The molecule has 2 rings (SSSR count). The van der Waals surface area contributed by atoms with Crippen LogP contribution in [0.4, 0.5) is 0 Å². The van der Waals surface area contributed by atoms with Crippen LogP contribution in [0.5, 0.6) is 0 Å². The third-order valence-electron chi connectivity index (χ3n) is 3.38. The second kappa shape index (κ2) is 6.34. The van der Waals surface area contributed by atoms with E-state index >= 15 is 0 Å². The van der Waals surface area contributed by atoms with Gasteiger partial charge in [-0.25, -0.2) is 0 Å². The maximum atomic E-state index is 11.9. The smallest absolute Gasteiger partial charge is 0.220 e. The molecular weight excluding hydrogens is 292 g/mol. The van der Waals surface area contributed by atoms with Crippen LogP contribution in [0.3, 0.4) is 0 Å². The standard InChI is InChI=1S/C14H19BrN2O/c1-10(12-2-4-13(15)5-3-12)17-14(18)8-11-6-7-16-9-11/h2-5,10-11,16H,6-9H2,1H3,(H,17,18)/t10-,11?/m0/s1. The molecule has 0 radical (unpaired) electrons. The van der Waals surface area contributed by atoms with Gasteiger partial charge in [-0.05, 0) is 50.0 Å². The zero-order chi connectivity index (χ0) is 13.0. The van der Waals surface area contributed by atoms with Crippen LogP contribution in [0.15, 0.2) is 28.7 Å². The second-order valence-corrected chi connectivity index (χ2v) is 5.82. The van der Waals surface area contributed by atoms with E-state index in [1.807, 2.05) is 31.2 Å². The maximum Gasteiger partial charge on any atom is 0.220 e. The Bertz CT molecular complexity index is 399. The number of carbonyl (C=O) groups is 1. The summed E-state index contributed by atoms with van der Waals surface area (Å²) >= 11 is 3.41. The molecule has 0 bridgehead atoms. The fourth-order valence-corrected chi connectivity index (χ4v) is 2.55. The van der Waals surface area contributed by atoms with E-state index in [-0.39, 0.29) is 11.9 Å². The largest absolute Gasteiger partial charge is 0.350 e. The Balaban J connectivity index is 1.84. The van der Waals surface area contributed by atoms with Crippen molar-refractivity contribution in [2.24, 2.45) is 5.92 Å². The highest BCUT2D eigenvalue weighted by molar-refractivity contribution is 9.10. The van der Waals surface area contributed by atoms with Gasteiger partial charge in [-0.15, -0.1) is 0 Å². The minimum atomic E-state index is 0.0694. The summed E-state index contributed by atoms with van der Waals surface area (Å²) < 4.78 is 1.06. The molecule has 1 amide bonds. The molecule has 0 saturated carbocycles. The molecule has 1 heterocycles. The van der Waals surface area contributed by atoms with Gasteiger partial charge in [0.25, 0.3) is 0 Å². The van der Waals surface area contributed by atoms with Crippen LogP contribution in [0, 0.1) is 5.92 Å². The van der Waals surface area contributed by atoms with Crippen molar-refractivity contribution in [3.05, 3.63) is 34.3 Å². The van der Waals surface area contributed by atoms with Gasteiger partial charge in [0.1, 0.15) is 0 Å². The number of nitrogens with one attached hydrogen (secondary N) is 2. The average Bonchev–Trinajstić information content (AvgIpc) is 2.82. The molecule has 1 fully saturated rings. The molecule has 3 nitrogen and oxygen atoms in total. The summed E-state index contributed by atoms with van der Waals surface area (Å²) in [5.41, 5.74) is 1.14. The predicted octanol–water partition coefficient (Wildman–Crippen LogP) is 2.63. The van der Waals surface area contributed by atoms with Crippen molar-refractivity contribution in [3.63, 3.8) is 0 Å². The Morgan fingerprint density at radius 2 is 2.22 bits per heavy atom. The van der Waals surface area contributed by atoms with E-state index in [1.54, 1.807) is 0 Å². The Kier molecular flexibility index (Phi) is 4.78. The van der Waals surface area contributed by atoms with Crippen LogP contribution < -0.4 is 10.6 Å². The van der Waals surface area contributed by atoms with E-state index in [1.165, 1.54) is 0 Å². The lowest BCUT2D eigenvalue weighted by Gasteiger charge is -2.16. The van der Waals surface area contributed by atoms with Crippen molar-refractivity contribution in [1.29, 1.82) is 0 Å².